The molecule has 1 heterocycles. The first-order valence-electron chi connectivity index (χ1n) is 6.33. The lowest BCUT2D eigenvalue weighted by atomic mass is 10.2. The maximum absolute atomic E-state index is 5.54. The molecule has 0 aliphatic heterocycles. The van der Waals surface area contributed by atoms with E-state index in [-0.39, 0.29) is 0 Å². The van der Waals surface area contributed by atoms with Gasteiger partial charge in [0.15, 0.2) is 0 Å². The van der Waals surface area contributed by atoms with Crippen molar-refractivity contribution >= 4 is 0 Å². The Labute approximate surface area is 104 Å². The summed E-state index contributed by atoms with van der Waals surface area (Å²) in [6, 6.07) is 2.05. The summed E-state index contributed by atoms with van der Waals surface area (Å²) in [5.74, 6) is 1.08. The van der Waals surface area contributed by atoms with Crippen molar-refractivity contribution in [2.45, 2.75) is 32.9 Å². The minimum Gasteiger partial charge on any atom is -0.468 e. The van der Waals surface area contributed by atoms with Crippen LogP contribution in [0.3, 0.4) is 0 Å². The summed E-state index contributed by atoms with van der Waals surface area (Å²) in [6.45, 7) is 9.68. The monoisotopic (exact) mass is 236 g/mol. The predicted octanol–water partition coefficient (Wildman–Crippen LogP) is 2.79. The molecule has 0 aromatic carbocycles. The van der Waals surface area contributed by atoms with Crippen LogP contribution < -0.4 is 5.32 Å². The van der Waals surface area contributed by atoms with E-state index in [9.17, 15) is 0 Å². The molecule has 0 amide bonds. The molecule has 0 atom stereocenters. The summed E-state index contributed by atoms with van der Waals surface area (Å²) in [6.07, 6.45) is 5.98. The van der Waals surface area contributed by atoms with Gasteiger partial charge >= 0.3 is 0 Å². The molecule has 0 saturated heterocycles. The lowest BCUT2D eigenvalue weighted by Crippen LogP contribution is -2.20. The number of nitrogens with one attached hydrogen (secondary N) is 1. The Morgan fingerprint density at radius 3 is 3.06 bits per heavy atom. The van der Waals surface area contributed by atoms with Crippen LogP contribution in [0.1, 0.15) is 31.1 Å². The van der Waals surface area contributed by atoms with Crippen LogP contribution in [0.5, 0.6) is 0 Å². The van der Waals surface area contributed by atoms with Gasteiger partial charge in [0.05, 0.1) is 12.8 Å². The van der Waals surface area contributed by atoms with Crippen molar-refractivity contribution in [3.8, 4) is 0 Å². The number of hydrogen-bond donors (Lipinski definition) is 1. The Kier molecular flexibility index (Phi) is 6.67. The summed E-state index contributed by atoms with van der Waals surface area (Å²) in [4.78, 5) is 2.29. The van der Waals surface area contributed by atoms with E-state index in [1.54, 1.807) is 6.26 Å². The van der Waals surface area contributed by atoms with Crippen LogP contribution in [0, 0.1) is 0 Å². The molecule has 0 unspecified atom stereocenters. The molecule has 0 fully saturated rings. The van der Waals surface area contributed by atoms with Gasteiger partial charge in [0.2, 0.25) is 0 Å². The van der Waals surface area contributed by atoms with E-state index in [1.807, 2.05) is 6.08 Å². The second kappa shape index (κ2) is 8.09. The molecule has 0 bridgehead atoms. The summed E-state index contributed by atoms with van der Waals surface area (Å²) >= 11 is 0. The highest BCUT2D eigenvalue weighted by molar-refractivity contribution is 5.16. The Morgan fingerprint density at radius 1 is 1.53 bits per heavy atom. The van der Waals surface area contributed by atoms with Gasteiger partial charge in [-0.1, -0.05) is 13.0 Å². The van der Waals surface area contributed by atoms with E-state index in [1.165, 1.54) is 5.56 Å². The van der Waals surface area contributed by atoms with E-state index in [2.05, 4.69) is 36.8 Å². The van der Waals surface area contributed by atoms with Crippen molar-refractivity contribution in [1.29, 1.82) is 0 Å². The molecule has 1 N–H and O–H groups in total. The topological polar surface area (TPSA) is 28.4 Å². The molecule has 0 aliphatic rings. The van der Waals surface area contributed by atoms with E-state index in [0.717, 1.165) is 44.8 Å². The van der Waals surface area contributed by atoms with Crippen molar-refractivity contribution in [3.05, 3.63) is 36.3 Å². The quantitative estimate of drug-likeness (QED) is 0.528. The number of allylic oxidation sites excluding steroid dienone is 1. The van der Waals surface area contributed by atoms with E-state index < -0.39 is 0 Å². The minimum atomic E-state index is 0.880. The van der Waals surface area contributed by atoms with Crippen LogP contribution in [-0.4, -0.2) is 25.0 Å². The Morgan fingerprint density at radius 2 is 2.35 bits per heavy atom. The summed E-state index contributed by atoms with van der Waals surface area (Å²) in [7, 11) is 2.13. The molecule has 3 nitrogen and oxygen atoms in total. The van der Waals surface area contributed by atoms with Gasteiger partial charge in [0.25, 0.3) is 0 Å². The predicted molar refractivity (Wildman–Crippen MR) is 71.9 cm³/mol. The average Bonchev–Trinajstić information content (AvgIpc) is 2.74. The van der Waals surface area contributed by atoms with Crippen LogP contribution in [-0.2, 0) is 13.1 Å². The van der Waals surface area contributed by atoms with Crippen molar-refractivity contribution in [3.63, 3.8) is 0 Å². The van der Waals surface area contributed by atoms with Gasteiger partial charge in [-0.05, 0) is 39.0 Å². The maximum atomic E-state index is 5.54. The summed E-state index contributed by atoms with van der Waals surface area (Å²) < 4.78 is 5.54. The van der Waals surface area contributed by atoms with Crippen LogP contribution in [0.2, 0.25) is 0 Å². The molecule has 3 heteroatoms. The summed E-state index contributed by atoms with van der Waals surface area (Å²) in [5.41, 5.74) is 1.27. The first-order chi connectivity index (χ1) is 8.27. The molecule has 0 spiro atoms. The van der Waals surface area contributed by atoms with Crippen molar-refractivity contribution in [1.82, 2.24) is 10.2 Å². The molecular weight excluding hydrogens is 212 g/mol. The molecule has 0 saturated carbocycles. The highest BCUT2D eigenvalue weighted by Gasteiger charge is 2.08. The second-order valence-corrected chi connectivity index (χ2v) is 4.32. The van der Waals surface area contributed by atoms with Gasteiger partial charge in [-0.3, -0.25) is 4.90 Å². The fourth-order valence-corrected chi connectivity index (χ4v) is 1.75. The highest BCUT2D eigenvalue weighted by Crippen LogP contribution is 2.12. The SMILES string of the molecule is C=CCCCN(C)Cc1occc1CNCC. The minimum absolute atomic E-state index is 0.880. The van der Waals surface area contributed by atoms with Crippen LogP contribution in [0.25, 0.3) is 0 Å². The van der Waals surface area contributed by atoms with Crippen molar-refractivity contribution < 1.29 is 4.42 Å². The Hall–Kier alpha value is -1.06. The first-order valence-corrected chi connectivity index (χ1v) is 6.33. The number of nitrogens with zero attached hydrogens (tertiary/aromatic N) is 1. The van der Waals surface area contributed by atoms with E-state index in [4.69, 9.17) is 4.42 Å². The number of furan rings is 1. The molecule has 1 aromatic rings. The average molecular weight is 236 g/mol. The third-order valence-electron chi connectivity index (χ3n) is 2.76. The highest BCUT2D eigenvalue weighted by atomic mass is 16.3. The zero-order valence-corrected chi connectivity index (χ0v) is 11.0. The van der Waals surface area contributed by atoms with Gasteiger partial charge in [-0.15, -0.1) is 6.58 Å². The van der Waals surface area contributed by atoms with Crippen molar-refractivity contribution in [2.24, 2.45) is 0 Å². The number of rotatable bonds is 9. The molecule has 1 aromatic heterocycles. The zero-order valence-electron chi connectivity index (χ0n) is 11.0. The largest absolute Gasteiger partial charge is 0.468 e. The molecule has 96 valence electrons. The third-order valence-corrected chi connectivity index (χ3v) is 2.76. The first kappa shape index (κ1) is 14.0. The molecule has 0 aliphatic carbocycles. The lowest BCUT2D eigenvalue weighted by molar-refractivity contribution is 0.290. The van der Waals surface area contributed by atoms with Gasteiger partial charge in [-0.2, -0.15) is 0 Å². The lowest BCUT2D eigenvalue weighted by Gasteiger charge is -2.15. The molecule has 1 rings (SSSR count). The van der Waals surface area contributed by atoms with Gasteiger partial charge < -0.3 is 9.73 Å². The van der Waals surface area contributed by atoms with Gasteiger partial charge in [-0.25, -0.2) is 0 Å². The van der Waals surface area contributed by atoms with Gasteiger partial charge in [0.1, 0.15) is 5.76 Å². The maximum Gasteiger partial charge on any atom is 0.122 e. The number of unbranched alkanes of at least 4 members (excludes halogenated alkanes) is 1. The fraction of sp³-hybridized carbons (Fsp3) is 0.571. The standard InChI is InChI=1S/C14H24N2O/c1-4-6-7-9-16(3)12-14-13(8-10-17-14)11-15-5-2/h4,8,10,15H,1,5-7,9,11-12H2,2-3H3. The Balaban J connectivity index is 2.38. The number of hydrogen-bond acceptors (Lipinski definition) is 3. The Bertz CT molecular complexity index is 320. The normalized spacial score (nSPS) is 11.0. The molecule has 0 radical (unpaired) electrons. The second-order valence-electron chi connectivity index (χ2n) is 4.32. The van der Waals surface area contributed by atoms with Crippen LogP contribution in [0.4, 0.5) is 0 Å². The van der Waals surface area contributed by atoms with Gasteiger partial charge in [0, 0.05) is 12.1 Å². The smallest absolute Gasteiger partial charge is 0.122 e. The van der Waals surface area contributed by atoms with Crippen molar-refractivity contribution in [2.75, 3.05) is 20.1 Å². The van der Waals surface area contributed by atoms with E-state index >= 15 is 0 Å². The summed E-state index contributed by atoms with van der Waals surface area (Å²) in [5, 5.41) is 3.32. The molecule has 17 heavy (non-hydrogen) atoms. The molecular formula is C14H24N2O. The van der Waals surface area contributed by atoms with E-state index in [0.29, 0.717) is 0 Å². The van der Waals surface area contributed by atoms with Crippen LogP contribution >= 0.6 is 0 Å². The van der Waals surface area contributed by atoms with Crippen LogP contribution in [0.15, 0.2) is 29.4 Å². The third kappa shape index (κ3) is 5.20. The fourth-order valence-electron chi connectivity index (χ4n) is 1.75. The zero-order chi connectivity index (χ0) is 12.5.